The largest absolute Gasteiger partial charge is 0.481 e. The Labute approximate surface area is 150 Å². The molecule has 130 valence electrons. The lowest BCUT2D eigenvalue weighted by molar-refractivity contribution is -0.122. The van der Waals surface area contributed by atoms with E-state index in [1.807, 2.05) is 24.6 Å². The number of ether oxygens (including phenoxy) is 1. The first-order valence-electron chi connectivity index (χ1n) is 8.00. The van der Waals surface area contributed by atoms with Gasteiger partial charge in [-0.05, 0) is 45.0 Å². The average molecular weight is 359 g/mol. The van der Waals surface area contributed by atoms with Crippen LogP contribution in [0.5, 0.6) is 5.75 Å². The zero-order valence-electron chi connectivity index (χ0n) is 14.2. The number of halogens is 1. The van der Waals surface area contributed by atoms with Crippen molar-refractivity contribution >= 4 is 34.2 Å². The van der Waals surface area contributed by atoms with Gasteiger partial charge in [0, 0.05) is 16.5 Å². The Balaban J connectivity index is 1.70. The number of anilines is 1. The van der Waals surface area contributed by atoms with Gasteiger partial charge in [0.2, 0.25) is 0 Å². The maximum Gasteiger partial charge on any atom is 0.265 e. The van der Waals surface area contributed by atoms with Gasteiger partial charge in [0.1, 0.15) is 5.75 Å². The van der Waals surface area contributed by atoms with Crippen molar-refractivity contribution < 1.29 is 9.53 Å². The van der Waals surface area contributed by atoms with Crippen molar-refractivity contribution in [3.8, 4) is 5.75 Å². The summed E-state index contributed by atoms with van der Waals surface area (Å²) in [6, 6.07) is 9.00. The van der Waals surface area contributed by atoms with Crippen LogP contribution in [0, 0.1) is 0 Å². The minimum atomic E-state index is -0.674. The fourth-order valence-electron chi connectivity index (χ4n) is 2.43. The molecule has 2 aromatic heterocycles. The predicted octanol–water partition coefficient (Wildman–Crippen LogP) is 4.07. The molecule has 0 saturated carbocycles. The van der Waals surface area contributed by atoms with Gasteiger partial charge in [-0.1, -0.05) is 17.7 Å². The zero-order chi connectivity index (χ0) is 18.0. The van der Waals surface area contributed by atoms with Crippen LogP contribution in [-0.4, -0.2) is 26.8 Å². The number of carbonyl (C=O) groups excluding carboxylic acids is 1. The van der Waals surface area contributed by atoms with E-state index in [1.54, 1.807) is 43.6 Å². The highest BCUT2D eigenvalue weighted by Crippen LogP contribution is 2.21. The van der Waals surface area contributed by atoms with Crippen molar-refractivity contribution in [3.05, 3.63) is 47.7 Å². The Morgan fingerprint density at radius 1 is 1.24 bits per heavy atom. The molecule has 1 unspecified atom stereocenters. The summed E-state index contributed by atoms with van der Waals surface area (Å²) in [5.74, 6) is 0.277. The molecule has 0 radical (unpaired) electrons. The van der Waals surface area contributed by atoms with E-state index in [0.29, 0.717) is 16.5 Å². The van der Waals surface area contributed by atoms with Gasteiger partial charge in [0.25, 0.3) is 5.91 Å². The van der Waals surface area contributed by atoms with Crippen LogP contribution in [0.15, 0.2) is 42.7 Å². The summed E-state index contributed by atoms with van der Waals surface area (Å²) in [6.07, 6.45) is 2.68. The molecule has 0 aliphatic rings. The Hall–Kier alpha value is -2.60. The predicted molar refractivity (Wildman–Crippen MR) is 98.1 cm³/mol. The number of nitrogens with one attached hydrogen (secondary N) is 1. The second-order valence-electron chi connectivity index (χ2n) is 6.03. The third-order valence-electron chi connectivity index (χ3n) is 3.67. The fraction of sp³-hybridized carbons (Fsp3) is 0.278. The molecule has 6 nitrogen and oxygen atoms in total. The van der Waals surface area contributed by atoms with Crippen LogP contribution in [0.25, 0.3) is 11.0 Å². The monoisotopic (exact) mass is 358 g/mol. The van der Waals surface area contributed by atoms with Crippen LogP contribution in [0.4, 0.5) is 5.69 Å². The number of amides is 1. The van der Waals surface area contributed by atoms with E-state index < -0.39 is 6.10 Å². The summed E-state index contributed by atoms with van der Waals surface area (Å²) < 4.78 is 7.46. The number of pyridine rings is 1. The number of aromatic nitrogens is 3. The SMILES string of the molecule is CC(Oc1cccc(Cl)c1)C(=O)Nc1cnc2c(cnn2C(C)C)c1. The second-order valence-corrected chi connectivity index (χ2v) is 6.46. The molecule has 0 aliphatic heterocycles. The molecule has 0 fully saturated rings. The van der Waals surface area contributed by atoms with Gasteiger partial charge in [0.15, 0.2) is 11.8 Å². The van der Waals surface area contributed by atoms with Gasteiger partial charge >= 0.3 is 0 Å². The molecule has 0 saturated heterocycles. The third-order valence-corrected chi connectivity index (χ3v) is 3.90. The number of fused-ring (bicyclic) bond motifs is 1. The van der Waals surface area contributed by atoms with Gasteiger partial charge in [0.05, 0.1) is 18.1 Å². The van der Waals surface area contributed by atoms with Crippen LogP contribution < -0.4 is 10.1 Å². The lowest BCUT2D eigenvalue weighted by Crippen LogP contribution is -2.30. The van der Waals surface area contributed by atoms with Crippen molar-refractivity contribution in [2.75, 3.05) is 5.32 Å². The van der Waals surface area contributed by atoms with Crippen LogP contribution in [0.2, 0.25) is 5.02 Å². The number of benzene rings is 1. The maximum atomic E-state index is 12.3. The molecule has 1 atom stereocenters. The molecule has 1 N–H and O–H groups in total. The van der Waals surface area contributed by atoms with E-state index in [9.17, 15) is 4.79 Å². The molecule has 25 heavy (non-hydrogen) atoms. The maximum absolute atomic E-state index is 12.3. The lowest BCUT2D eigenvalue weighted by atomic mass is 10.3. The number of rotatable bonds is 5. The van der Waals surface area contributed by atoms with Crippen molar-refractivity contribution in [2.24, 2.45) is 0 Å². The zero-order valence-corrected chi connectivity index (χ0v) is 15.0. The molecule has 0 spiro atoms. The van der Waals surface area contributed by atoms with Crippen LogP contribution in [-0.2, 0) is 4.79 Å². The summed E-state index contributed by atoms with van der Waals surface area (Å²) in [7, 11) is 0. The van der Waals surface area contributed by atoms with Crippen molar-refractivity contribution in [1.82, 2.24) is 14.8 Å². The van der Waals surface area contributed by atoms with E-state index in [2.05, 4.69) is 15.4 Å². The van der Waals surface area contributed by atoms with E-state index in [4.69, 9.17) is 16.3 Å². The highest BCUT2D eigenvalue weighted by Gasteiger charge is 2.16. The quantitative estimate of drug-likeness (QED) is 0.746. The summed E-state index contributed by atoms with van der Waals surface area (Å²) in [6.45, 7) is 5.76. The number of nitrogens with zero attached hydrogens (tertiary/aromatic N) is 3. The van der Waals surface area contributed by atoms with Crippen molar-refractivity contribution in [2.45, 2.75) is 32.9 Å². The molecule has 7 heteroatoms. The Kier molecular flexibility index (Phi) is 4.90. The molecule has 3 rings (SSSR count). The Bertz CT molecular complexity index is 907. The highest BCUT2D eigenvalue weighted by atomic mass is 35.5. The second kappa shape index (κ2) is 7.11. The van der Waals surface area contributed by atoms with E-state index >= 15 is 0 Å². The van der Waals surface area contributed by atoms with E-state index in [1.165, 1.54) is 0 Å². The molecule has 0 bridgehead atoms. The van der Waals surface area contributed by atoms with Crippen LogP contribution in [0.3, 0.4) is 0 Å². The molecular weight excluding hydrogens is 340 g/mol. The first-order valence-corrected chi connectivity index (χ1v) is 8.38. The Morgan fingerprint density at radius 3 is 2.76 bits per heavy atom. The van der Waals surface area contributed by atoms with Gasteiger partial charge in [-0.2, -0.15) is 5.10 Å². The third kappa shape index (κ3) is 3.91. The molecular formula is C18H19ClN4O2. The van der Waals surface area contributed by atoms with Crippen LogP contribution >= 0.6 is 11.6 Å². The number of hydrogen-bond acceptors (Lipinski definition) is 4. The standard InChI is InChI=1S/C18H19ClN4O2/c1-11(2)23-17-13(9-21-23)7-15(10-20-17)22-18(24)12(3)25-16-6-4-5-14(19)8-16/h4-12H,1-3H3,(H,22,24). The smallest absolute Gasteiger partial charge is 0.265 e. The van der Waals surface area contributed by atoms with Gasteiger partial charge in [-0.3, -0.25) is 4.79 Å². The Morgan fingerprint density at radius 2 is 2.04 bits per heavy atom. The molecule has 3 aromatic rings. The molecule has 2 heterocycles. The van der Waals surface area contributed by atoms with E-state index in [-0.39, 0.29) is 11.9 Å². The minimum Gasteiger partial charge on any atom is -0.481 e. The molecule has 1 amide bonds. The molecule has 0 aliphatic carbocycles. The highest BCUT2D eigenvalue weighted by molar-refractivity contribution is 6.30. The van der Waals surface area contributed by atoms with Gasteiger partial charge in [-0.15, -0.1) is 0 Å². The summed E-state index contributed by atoms with van der Waals surface area (Å²) in [4.78, 5) is 16.7. The van der Waals surface area contributed by atoms with Crippen molar-refractivity contribution in [1.29, 1.82) is 0 Å². The lowest BCUT2D eigenvalue weighted by Gasteiger charge is -2.15. The molecule has 1 aromatic carbocycles. The van der Waals surface area contributed by atoms with Crippen molar-refractivity contribution in [3.63, 3.8) is 0 Å². The first-order chi connectivity index (χ1) is 11.9. The summed E-state index contributed by atoms with van der Waals surface area (Å²) in [5, 5.41) is 8.56. The normalized spacial score (nSPS) is 12.4. The number of carbonyl (C=O) groups is 1. The van der Waals surface area contributed by atoms with E-state index in [0.717, 1.165) is 11.0 Å². The first kappa shape index (κ1) is 17.2. The number of hydrogen-bond donors (Lipinski definition) is 1. The topological polar surface area (TPSA) is 69.0 Å². The fourth-order valence-corrected chi connectivity index (χ4v) is 2.61. The van der Waals surface area contributed by atoms with Crippen LogP contribution in [0.1, 0.15) is 26.8 Å². The summed E-state index contributed by atoms with van der Waals surface area (Å²) in [5.41, 5.74) is 1.39. The minimum absolute atomic E-state index is 0.219. The average Bonchev–Trinajstić information content (AvgIpc) is 2.98. The van der Waals surface area contributed by atoms with Gasteiger partial charge < -0.3 is 10.1 Å². The van der Waals surface area contributed by atoms with Gasteiger partial charge in [-0.25, -0.2) is 9.67 Å². The summed E-state index contributed by atoms with van der Waals surface area (Å²) >= 11 is 5.92.